The number of aryl methyl sites for hydroxylation is 2. The highest BCUT2D eigenvalue weighted by atomic mass is 32.1. The molecule has 1 aliphatic carbocycles. The summed E-state index contributed by atoms with van der Waals surface area (Å²) in [6.45, 7) is 5.61. The van der Waals surface area contributed by atoms with Gasteiger partial charge in [0, 0.05) is 12.6 Å². The third-order valence-corrected chi connectivity index (χ3v) is 5.62. The maximum Gasteiger partial charge on any atom is 0.199 e. The lowest BCUT2D eigenvalue weighted by molar-refractivity contribution is 0.243. The minimum atomic E-state index is -0.264. The first kappa shape index (κ1) is 19.0. The number of aromatic nitrogens is 3. The fourth-order valence-corrected chi connectivity index (χ4v) is 3.93. The standard InChI is InChI=1S/C22H25FN4S/c1-15-8-9-17(16(2)12-15)13-25(3)14-26-22(28)27(18-10-11-18)21(24-26)19-6-4-5-7-20(19)23/h4-9,12,18H,10-11,13-14H2,1-3H3. The molecule has 0 bridgehead atoms. The summed E-state index contributed by atoms with van der Waals surface area (Å²) in [5.41, 5.74) is 4.35. The van der Waals surface area contributed by atoms with Gasteiger partial charge in [0.2, 0.25) is 0 Å². The van der Waals surface area contributed by atoms with Crippen LogP contribution in [0.15, 0.2) is 42.5 Å². The molecule has 1 saturated carbocycles. The lowest BCUT2D eigenvalue weighted by Gasteiger charge is -2.18. The second-order valence-electron chi connectivity index (χ2n) is 7.77. The molecule has 2 aromatic carbocycles. The summed E-state index contributed by atoms with van der Waals surface area (Å²) in [5, 5.41) is 4.71. The quantitative estimate of drug-likeness (QED) is 0.532. The molecule has 0 amide bonds. The summed E-state index contributed by atoms with van der Waals surface area (Å²) >= 11 is 5.71. The van der Waals surface area contributed by atoms with Gasteiger partial charge in [0.05, 0.1) is 12.2 Å². The van der Waals surface area contributed by atoms with Crippen molar-refractivity contribution in [1.29, 1.82) is 0 Å². The van der Waals surface area contributed by atoms with Gasteiger partial charge in [-0.1, -0.05) is 35.9 Å². The van der Waals surface area contributed by atoms with Crippen LogP contribution in [0.3, 0.4) is 0 Å². The SMILES string of the molecule is Cc1ccc(CN(C)Cn2nc(-c3ccccc3F)n(C3CC3)c2=S)c(C)c1. The summed E-state index contributed by atoms with van der Waals surface area (Å²) in [7, 11) is 2.06. The Kier molecular flexibility index (Phi) is 5.17. The van der Waals surface area contributed by atoms with Crippen molar-refractivity contribution in [3.63, 3.8) is 0 Å². The highest BCUT2D eigenvalue weighted by molar-refractivity contribution is 7.71. The molecule has 0 spiro atoms. The van der Waals surface area contributed by atoms with E-state index in [0.717, 1.165) is 19.4 Å². The molecule has 0 unspecified atom stereocenters. The molecule has 1 aliphatic rings. The molecule has 0 atom stereocenters. The van der Waals surface area contributed by atoms with Crippen molar-refractivity contribution in [2.24, 2.45) is 0 Å². The molecule has 6 heteroatoms. The highest BCUT2D eigenvalue weighted by Gasteiger charge is 2.30. The van der Waals surface area contributed by atoms with E-state index in [2.05, 4.69) is 44.0 Å². The molecule has 1 fully saturated rings. The van der Waals surface area contributed by atoms with E-state index in [0.29, 0.717) is 28.9 Å². The van der Waals surface area contributed by atoms with E-state index in [-0.39, 0.29) is 5.82 Å². The van der Waals surface area contributed by atoms with E-state index in [1.807, 2.05) is 15.3 Å². The lowest BCUT2D eigenvalue weighted by Crippen LogP contribution is -2.23. The Morgan fingerprint density at radius 1 is 1.18 bits per heavy atom. The molecule has 1 heterocycles. The van der Waals surface area contributed by atoms with Crippen LogP contribution in [-0.2, 0) is 13.2 Å². The van der Waals surface area contributed by atoms with Crippen LogP contribution in [0, 0.1) is 24.4 Å². The Hall–Kier alpha value is -2.31. The first-order chi connectivity index (χ1) is 13.4. The number of nitrogens with zero attached hydrogens (tertiary/aromatic N) is 4. The van der Waals surface area contributed by atoms with Gasteiger partial charge in [-0.05, 0) is 69.2 Å². The van der Waals surface area contributed by atoms with Gasteiger partial charge < -0.3 is 0 Å². The lowest BCUT2D eigenvalue weighted by atomic mass is 10.1. The van der Waals surface area contributed by atoms with Crippen molar-refractivity contribution in [2.45, 2.75) is 45.9 Å². The van der Waals surface area contributed by atoms with Gasteiger partial charge in [-0.15, -0.1) is 0 Å². The highest BCUT2D eigenvalue weighted by Crippen LogP contribution is 2.39. The van der Waals surface area contributed by atoms with Crippen molar-refractivity contribution in [2.75, 3.05) is 7.05 Å². The van der Waals surface area contributed by atoms with E-state index in [9.17, 15) is 4.39 Å². The van der Waals surface area contributed by atoms with E-state index in [1.54, 1.807) is 12.1 Å². The van der Waals surface area contributed by atoms with Gasteiger partial charge in [-0.25, -0.2) is 9.07 Å². The Morgan fingerprint density at radius 2 is 1.93 bits per heavy atom. The zero-order valence-corrected chi connectivity index (χ0v) is 17.3. The van der Waals surface area contributed by atoms with E-state index in [1.165, 1.54) is 22.8 Å². The molecule has 3 aromatic rings. The second-order valence-corrected chi connectivity index (χ2v) is 8.14. The third-order valence-electron chi connectivity index (χ3n) is 5.21. The second kappa shape index (κ2) is 7.60. The molecule has 146 valence electrons. The minimum absolute atomic E-state index is 0.264. The Bertz CT molecular complexity index is 1060. The maximum absolute atomic E-state index is 14.4. The summed E-state index contributed by atoms with van der Waals surface area (Å²) in [4.78, 5) is 2.18. The third kappa shape index (κ3) is 3.80. The molecule has 0 aliphatic heterocycles. The van der Waals surface area contributed by atoms with Gasteiger partial charge in [-0.3, -0.25) is 9.47 Å². The van der Waals surface area contributed by atoms with Gasteiger partial charge >= 0.3 is 0 Å². The molecule has 1 aromatic heterocycles. The van der Waals surface area contributed by atoms with Crippen molar-refractivity contribution in [3.05, 3.63) is 69.7 Å². The van der Waals surface area contributed by atoms with Crippen LogP contribution in [-0.4, -0.2) is 26.3 Å². The summed E-state index contributed by atoms with van der Waals surface area (Å²) < 4.78 is 18.9. The predicted molar refractivity (Wildman–Crippen MR) is 112 cm³/mol. The van der Waals surface area contributed by atoms with E-state index < -0.39 is 0 Å². The number of hydrogen-bond acceptors (Lipinski definition) is 3. The number of hydrogen-bond donors (Lipinski definition) is 0. The maximum atomic E-state index is 14.4. The normalized spacial score (nSPS) is 14.0. The fraction of sp³-hybridized carbons (Fsp3) is 0.364. The van der Waals surface area contributed by atoms with Crippen LogP contribution < -0.4 is 0 Å². The monoisotopic (exact) mass is 396 g/mol. The molecule has 28 heavy (non-hydrogen) atoms. The topological polar surface area (TPSA) is 26.0 Å². The van der Waals surface area contributed by atoms with Gasteiger partial charge in [0.25, 0.3) is 0 Å². The average Bonchev–Trinajstić information content (AvgIpc) is 3.43. The van der Waals surface area contributed by atoms with Crippen LogP contribution in [0.2, 0.25) is 0 Å². The first-order valence-corrected chi connectivity index (χ1v) is 10.0. The largest absolute Gasteiger partial charge is 0.297 e. The van der Waals surface area contributed by atoms with Crippen LogP contribution in [0.1, 0.15) is 35.6 Å². The Labute approximate surface area is 170 Å². The molecule has 0 N–H and O–H groups in total. The van der Waals surface area contributed by atoms with Crippen molar-refractivity contribution >= 4 is 12.2 Å². The minimum Gasteiger partial charge on any atom is -0.297 e. The first-order valence-electron chi connectivity index (χ1n) is 9.63. The van der Waals surface area contributed by atoms with Gasteiger partial charge in [0.15, 0.2) is 10.6 Å². The molecule has 0 radical (unpaired) electrons. The predicted octanol–water partition coefficient (Wildman–Crippen LogP) is 5.26. The number of benzene rings is 2. The molecule has 4 nitrogen and oxygen atoms in total. The van der Waals surface area contributed by atoms with Gasteiger partial charge in [-0.2, -0.15) is 5.10 Å². The summed E-state index contributed by atoms with van der Waals surface area (Å²) in [5.74, 6) is 0.366. The van der Waals surface area contributed by atoms with E-state index in [4.69, 9.17) is 17.3 Å². The number of rotatable bonds is 6. The Balaban J connectivity index is 1.62. The van der Waals surface area contributed by atoms with Crippen LogP contribution in [0.5, 0.6) is 0 Å². The zero-order chi connectivity index (χ0) is 19.8. The smallest absolute Gasteiger partial charge is 0.199 e. The van der Waals surface area contributed by atoms with Crippen LogP contribution in [0.25, 0.3) is 11.4 Å². The summed E-state index contributed by atoms with van der Waals surface area (Å²) in [6, 6.07) is 13.6. The van der Waals surface area contributed by atoms with Gasteiger partial charge in [0.1, 0.15) is 5.82 Å². The number of halogens is 1. The molecular formula is C22H25FN4S. The molecule has 0 saturated heterocycles. The van der Waals surface area contributed by atoms with Crippen molar-refractivity contribution < 1.29 is 4.39 Å². The van der Waals surface area contributed by atoms with Crippen molar-refractivity contribution in [3.8, 4) is 11.4 Å². The average molecular weight is 397 g/mol. The molecule has 4 rings (SSSR count). The summed E-state index contributed by atoms with van der Waals surface area (Å²) in [6.07, 6.45) is 2.14. The van der Waals surface area contributed by atoms with E-state index >= 15 is 0 Å². The van der Waals surface area contributed by atoms with Crippen LogP contribution >= 0.6 is 12.2 Å². The Morgan fingerprint density at radius 3 is 2.61 bits per heavy atom. The van der Waals surface area contributed by atoms with Crippen molar-refractivity contribution in [1.82, 2.24) is 19.2 Å². The zero-order valence-electron chi connectivity index (χ0n) is 16.5. The molecular weight excluding hydrogens is 371 g/mol. The van der Waals surface area contributed by atoms with Crippen LogP contribution in [0.4, 0.5) is 4.39 Å². The fourth-order valence-electron chi connectivity index (χ4n) is 3.59.